The maximum atomic E-state index is 13.3. The van der Waals surface area contributed by atoms with Crippen LogP contribution in [0.5, 0.6) is 0 Å². The van der Waals surface area contributed by atoms with Gasteiger partial charge in [-0.2, -0.15) is 0 Å². The number of rotatable bonds is 5. The minimum absolute atomic E-state index is 0.0200. The number of carbonyl (C=O) groups is 2. The summed E-state index contributed by atoms with van der Waals surface area (Å²) in [5.41, 5.74) is 1.67. The molecule has 4 rings (SSSR count). The Bertz CT molecular complexity index is 1170. The zero-order valence-electron chi connectivity index (χ0n) is 15.3. The second-order valence-electron chi connectivity index (χ2n) is 6.21. The fraction of sp³-hybridized carbons (Fsp3) is 0.0476. The zero-order chi connectivity index (χ0) is 20.4. The molecule has 0 aliphatic carbocycles. The standard InChI is InChI=1S/C21H15FN4O2S/c1-13(27)14-4-8-16(9-5-14)23-21(28)19-24-20(18-3-2-12-29-18)26(25-19)17-10-6-15(22)7-11-17/h2-12H,1H3,(H,23,28). The summed E-state index contributed by atoms with van der Waals surface area (Å²) in [7, 11) is 0. The first kappa shape index (κ1) is 18.7. The van der Waals surface area contributed by atoms with Crippen LogP contribution in [0.2, 0.25) is 0 Å². The molecule has 0 saturated heterocycles. The summed E-state index contributed by atoms with van der Waals surface area (Å²) in [6.45, 7) is 1.48. The molecule has 2 heterocycles. The lowest BCUT2D eigenvalue weighted by Gasteiger charge is -2.04. The Balaban J connectivity index is 1.67. The number of halogens is 1. The number of Topliss-reactive ketones (excluding diaryl/α,β-unsaturated/α-hetero) is 1. The highest BCUT2D eigenvalue weighted by molar-refractivity contribution is 7.13. The van der Waals surface area contributed by atoms with Gasteiger partial charge < -0.3 is 5.32 Å². The van der Waals surface area contributed by atoms with Gasteiger partial charge in [-0.25, -0.2) is 14.1 Å². The summed E-state index contributed by atoms with van der Waals surface area (Å²) in [5.74, 6) is -0.432. The molecule has 1 amide bonds. The van der Waals surface area contributed by atoms with Crippen molar-refractivity contribution in [2.24, 2.45) is 0 Å². The molecule has 0 aliphatic rings. The van der Waals surface area contributed by atoms with Crippen molar-refractivity contribution in [3.05, 3.63) is 83.2 Å². The quantitative estimate of drug-likeness (QED) is 0.492. The maximum Gasteiger partial charge on any atom is 0.295 e. The summed E-state index contributed by atoms with van der Waals surface area (Å²) < 4.78 is 14.8. The van der Waals surface area contributed by atoms with Gasteiger partial charge in [0.2, 0.25) is 5.82 Å². The van der Waals surface area contributed by atoms with E-state index in [0.29, 0.717) is 22.8 Å². The lowest BCUT2D eigenvalue weighted by Crippen LogP contribution is -2.14. The lowest BCUT2D eigenvalue weighted by atomic mass is 10.1. The molecule has 144 valence electrons. The van der Waals surface area contributed by atoms with Crippen LogP contribution in [0, 0.1) is 5.82 Å². The molecule has 0 bridgehead atoms. The average Bonchev–Trinajstić information content (AvgIpc) is 3.39. The molecule has 0 aliphatic heterocycles. The zero-order valence-corrected chi connectivity index (χ0v) is 16.1. The number of hydrogen-bond donors (Lipinski definition) is 1. The Labute approximate surface area is 169 Å². The number of thiophene rings is 1. The Kier molecular flexibility index (Phi) is 5.01. The average molecular weight is 406 g/mol. The van der Waals surface area contributed by atoms with Crippen molar-refractivity contribution in [3.63, 3.8) is 0 Å². The third kappa shape index (κ3) is 3.97. The molecule has 4 aromatic rings. The van der Waals surface area contributed by atoms with Crippen LogP contribution in [0.15, 0.2) is 66.0 Å². The van der Waals surface area contributed by atoms with Crippen LogP contribution in [0.4, 0.5) is 10.1 Å². The molecular formula is C21H15FN4O2S. The summed E-state index contributed by atoms with van der Waals surface area (Å²) in [4.78, 5) is 29.3. The predicted molar refractivity (Wildman–Crippen MR) is 109 cm³/mol. The Hall–Kier alpha value is -3.65. The van der Waals surface area contributed by atoms with Gasteiger partial charge in [0, 0.05) is 11.3 Å². The van der Waals surface area contributed by atoms with E-state index in [-0.39, 0.29) is 17.4 Å². The van der Waals surface area contributed by atoms with E-state index in [1.165, 1.54) is 35.1 Å². The summed E-state index contributed by atoms with van der Waals surface area (Å²) in [6, 6.07) is 16.1. The number of carbonyl (C=O) groups excluding carboxylic acids is 2. The van der Waals surface area contributed by atoms with Crippen LogP contribution in [0.3, 0.4) is 0 Å². The minimum atomic E-state index is -0.487. The van der Waals surface area contributed by atoms with E-state index in [9.17, 15) is 14.0 Å². The summed E-state index contributed by atoms with van der Waals surface area (Å²) >= 11 is 1.46. The molecule has 0 saturated carbocycles. The van der Waals surface area contributed by atoms with Crippen LogP contribution in [-0.4, -0.2) is 26.5 Å². The van der Waals surface area contributed by atoms with Crippen LogP contribution < -0.4 is 5.32 Å². The number of benzene rings is 2. The van der Waals surface area contributed by atoms with E-state index in [4.69, 9.17) is 0 Å². The Morgan fingerprint density at radius 3 is 2.38 bits per heavy atom. The van der Waals surface area contributed by atoms with Crippen molar-refractivity contribution in [1.29, 1.82) is 0 Å². The molecule has 29 heavy (non-hydrogen) atoms. The molecule has 2 aromatic carbocycles. The second-order valence-corrected chi connectivity index (χ2v) is 7.16. The van der Waals surface area contributed by atoms with Crippen molar-refractivity contribution in [3.8, 4) is 16.4 Å². The molecule has 0 unspecified atom stereocenters. The monoisotopic (exact) mass is 406 g/mol. The van der Waals surface area contributed by atoms with E-state index in [1.54, 1.807) is 36.4 Å². The van der Waals surface area contributed by atoms with Gasteiger partial charge in [0.1, 0.15) is 5.82 Å². The fourth-order valence-corrected chi connectivity index (χ4v) is 3.41. The van der Waals surface area contributed by atoms with E-state index in [2.05, 4.69) is 15.4 Å². The van der Waals surface area contributed by atoms with Gasteiger partial charge in [-0.1, -0.05) is 6.07 Å². The number of ketones is 1. The first-order chi connectivity index (χ1) is 14.0. The third-order valence-electron chi connectivity index (χ3n) is 4.17. The topological polar surface area (TPSA) is 76.9 Å². The predicted octanol–water partition coefficient (Wildman–Crippen LogP) is 4.59. The van der Waals surface area contributed by atoms with Gasteiger partial charge in [0.05, 0.1) is 10.6 Å². The van der Waals surface area contributed by atoms with Gasteiger partial charge in [-0.3, -0.25) is 9.59 Å². The molecule has 6 nitrogen and oxygen atoms in total. The Morgan fingerprint density at radius 2 is 1.76 bits per heavy atom. The molecule has 1 N–H and O–H groups in total. The van der Waals surface area contributed by atoms with Gasteiger partial charge >= 0.3 is 0 Å². The highest BCUT2D eigenvalue weighted by atomic mass is 32.1. The molecule has 2 aromatic heterocycles. The van der Waals surface area contributed by atoms with Crippen molar-refractivity contribution in [1.82, 2.24) is 14.8 Å². The smallest absolute Gasteiger partial charge is 0.295 e. The van der Waals surface area contributed by atoms with Crippen LogP contribution in [0.25, 0.3) is 16.4 Å². The van der Waals surface area contributed by atoms with Crippen LogP contribution >= 0.6 is 11.3 Å². The third-order valence-corrected chi connectivity index (χ3v) is 5.04. The lowest BCUT2D eigenvalue weighted by molar-refractivity contribution is 0.101. The van der Waals surface area contributed by atoms with E-state index < -0.39 is 5.91 Å². The number of hydrogen-bond acceptors (Lipinski definition) is 5. The normalized spacial score (nSPS) is 10.7. The largest absolute Gasteiger partial charge is 0.319 e. The number of anilines is 1. The highest BCUT2D eigenvalue weighted by Gasteiger charge is 2.19. The molecule has 8 heteroatoms. The summed E-state index contributed by atoms with van der Waals surface area (Å²) in [6.07, 6.45) is 0. The van der Waals surface area contributed by atoms with Crippen LogP contribution in [0.1, 0.15) is 27.9 Å². The van der Waals surface area contributed by atoms with Crippen molar-refractivity contribution in [2.45, 2.75) is 6.92 Å². The fourth-order valence-electron chi connectivity index (χ4n) is 2.71. The SMILES string of the molecule is CC(=O)c1ccc(NC(=O)c2nc(-c3cccs3)n(-c3ccc(F)cc3)n2)cc1. The maximum absolute atomic E-state index is 13.3. The molecule has 0 radical (unpaired) electrons. The van der Waals surface area contributed by atoms with E-state index in [1.807, 2.05) is 17.5 Å². The molecule has 0 atom stereocenters. The van der Waals surface area contributed by atoms with E-state index in [0.717, 1.165) is 4.88 Å². The van der Waals surface area contributed by atoms with Gasteiger partial charge in [-0.15, -0.1) is 16.4 Å². The summed E-state index contributed by atoms with van der Waals surface area (Å²) in [5, 5.41) is 8.96. The van der Waals surface area contributed by atoms with Crippen molar-refractivity contribution >= 4 is 28.7 Å². The minimum Gasteiger partial charge on any atom is -0.319 e. The van der Waals surface area contributed by atoms with Crippen molar-refractivity contribution < 1.29 is 14.0 Å². The Morgan fingerprint density at radius 1 is 1.03 bits per heavy atom. The highest BCUT2D eigenvalue weighted by Crippen LogP contribution is 2.26. The first-order valence-corrected chi connectivity index (χ1v) is 9.58. The van der Waals surface area contributed by atoms with Crippen LogP contribution in [-0.2, 0) is 0 Å². The van der Waals surface area contributed by atoms with Crippen molar-refractivity contribution in [2.75, 3.05) is 5.32 Å². The first-order valence-electron chi connectivity index (χ1n) is 8.70. The molecular weight excluding hydrogens is 391 g/mol. The molecule has 0 fully saturated rings. The number of amides is 1. The van der Waals surface area contributed by atoms with Gasteiger partial charge in [0.25, 0.3) is 5.91 Å². The van der Waals surface area contributed by atoms with E-state index >= 15 is 0 Å². The number of nitrogens with zero attached hydrogens (tertiary/aromatic N) is 3. The number of nitrogens with one attached hydrogen (secondary N) is 1. The van der Waals surface area contributed by atoms with Gasteiger partial charge in [-0.05, 0) is 66.9 Å². The van der Waals surface area contributed by atoms with Gasteiger partial charge in [0.15, 0.2) is 11.6 Å². The second kappa shape index (κ2) is 7.76. The number of aromatic nitrogens is 3. The molecule has 0 spiro atoms.